The molecule has 0 aromatic heterocycles. The zero-order valence-corrected chi connectivity index (χ0v) is 11.3. The molecule has 1 atom stereocenters. The van der Waals surface area contributed by atoms with Crippen LogP contribution in [0, 0.1) is 0 Å². The quantitative estimate of drug-likeness (QED) is 0.786. The van der Waals surface area contributed by atoms with E-state index in [0.29, 0.717) is 0 Å². The molecule has 1 aliphatic heterocycles. The van der Waals surface area contributed by atoms with Gasteiger partial charge >= 0.3 is 0 Å². The standard InChI is InChI=1S/C12H13BrN2O2/c1-14-7-10(16)15(2)11(12(14)17)8-5-3-4-6-9(8)13/h3-6,11H,7H2,1-2H3/t11-/m0/s1. The molecule has 1 fully saturated rings. The van der Waals surface area contributed by atoms with Crippen molar-refractivity contribution in [3.8, 4) is 0 Å². The molecule has 0 unspecified atom stereocenters. The molecule has 0 bridgehead atoms. The Morgan fingerprint density at radius 2 is 1.88 bits per heavy atom. The van der Waals surface area contributed by atoms with Gasteiger partial charge in [-0.05, 0) is 11.6 Å². The largest absolute Gasteiger partial charge is 0.334 e. The van der Waals surface area contributed by atoms with Crippen molar-refractivity contribution in [1.82, 2.24) is 9.80 Å². The first-order valence-electron chi connectivity index (χ1n) is 5.27. The summed E-state index contributed by atoms with van der Waals surface area (Å²) >= 11 is 3.42. The number of piperazine rings is 1. The van der Waals surface area contributed by atoms with Crippen molar-refractivity contribution in [2.24, 2.45) is 0 Å². The molecule has 0 N–H and O–H groups in total. The van der Waals surface area contributed by atoms with E-state index in [1.54, 1.807) is 14.1 Å². The second kappa shape index (κ2) is 4.49. The van der Waals surface area contributed by atoms with Gasteiger partial charge in [-0.3, -0.25) is 9.59 Å². The van der Waals surface area contributed by atoms with Gasteiger partial charge in [-0.2, -0.15) is 0 Å². The third-order valence-electron chi connectivity index (χ3n) is 2.96. The zero-order valence-electron chi connectivity index (χ0n) is 9.68. The lowest BCUT2D eigenvalue weighted by atomic mass is 10.0. The summed E-state index contributed by atoms with van der Waals surface area (Å²) in [5.74, 6) is -0.105. The molecule has 2 amide bonds. The first-order valence-corrected chi connectivity index (χ1v) is 6.06. The fourth-order valence-electron chi connectivity index (χ4n) is 1.95. The highest BCUT2D eigenvalue weighted by Gasteiger charge is 2.37. The van der Waals surface area contributed by atoms with Crippen LogP contribution in [0.5, 0.6) is 0 Å². The molecule has 1 aliphatic rings. The van der Waals surface area contributed by atoms with Gasteiger partial charge in [0.15, 0.2) is 0 Å². The van der Waals surface area contributed by atoms with E-state index >= 15 is 0 Å². The minimum atomic E-state index is -0.531. The van der Waals surface area contributed by atoms with E-state index in [9.17, 15) is 9.59 Å². The van der Waals surface area contributed by atoms with E-state index < -0.39 is 6.04 Å². The van der Waals surface area contributed by atoms with Gasteiger partial charge in [0.05, 0.1) is 6.54 Å². The molecule has 1 aromatic carbocycles. The Balaban J connectivity index is 2.45. The van der Waals surface area contributed by atoms with Gasteiger partial charge in [0.1, 0.15) is 6.04 Å². The van der Waals surface area contributed by atoms with E-state index in [4.69, 9.17) is 0 Å². The molecule has 90 valence electrons. The van der Waals surface area contributed by atoms with Gasteiger partial charge in [0.2, 0.25) is 11.8 Å². The van der Waals surface area contributed by atoms with Crippen LogP contribution in [-0.2, 0) is 9.59 Å². The Bertz CT molecular complexity index is 475. The van der Waals surface area contributed by atoms with Gasteiger partial charge in [-0.25, -0.2) is 0 Å². The number of carbonyl (C=O) groups excluding carboxylic acids is 2. The maximum atomic E-state index is 12.1. The highest BCUT2D eigenvalue weighted by atomic mass is 79.9. The molecule has 0 aliphatic carbocycles. The van der Waals surface area contributed by atoms with Crippen LogP contribution in [0.4, 0.5) is 0 Å². The zero-order chi connectivity index (χ0) is 12.6. The number of rotatable bonds is 1. The Kier molecular flexibility index (Phi) is 3.19. The maximum absolute atomic E-state index is 12.1. The normalized spacial score (nSPS) is 21.0. The number of nitrogens with zero attached hydrogens (tertiary/aromatic N) is 2. The number of amides is 2. The lowest BCUT2D eigenvalue weighted by Gasteiger charge is -2.37. The maximum Gasteiger partial charge on any atom is 0.250 e. The minimum absolute atomic E-state index is 0.0483. The van der Waals surface area contributed by atoms with E-state index in [0.717, 1.165) is 10.0 Å². The Morgan fingerprint density at radius 3 is 2.53 bits per heavy atom. The highest BCUT2D eigenvalue weighted by Crippen LogP contribution is 2.30. The highest BCUT2D eigenvalue weighted by molar-refractivity contribution is 9.10. The van der Waals surface area contributed by atoms with Gasteiger partial charge in [-0.15, -0.1) is 0 Å². The lowest BCUT2D eigenvalue weighted by Crippen LogP contribution is -2.52. The number of likely N-dealkylation sites (N-methyl/N-ethyl adjacent to an activating group) is 2. The molecule has 1 saturated heterocycles. The van der Waals surface area contributed by atoms with Gasteiger partial charge < -0.3 is 9.80 Å². The van der Waals surface area contributed by atoms with Crippen LogP contribution in [0.2, 0.25) is 0 Å². The van der Waals surface area contributed by atoms with Crippen molar-refractivity contribution in [3.05, 3.63) is 34.3 Å². The molecule has 0 saturated carbocycles. The summed E-state index contributed by atoms with van der Waals surface area (Å²) < 4.78 is 0.841. The first-order chi connectivity index (χ1) is 8.02. The number of halogens is 1. The van der Waals surface area contributed by atoms with Gasteiger partial charge in [0.25, 0.3) is 0 Å². The molecular formula is C12H13BrN2O2. The van der Waals surface area contributed by atoms with Crippen LogP contribution >= 0.6 is 15.9 Å². The summed E-state index contributed by atoms with van der Waals surface area (Å²) in [4.78, 5) is 26.9. The van der Waals surface area contributed by atoms with Crippen molar-refractivity contribution in [3.63, 3.8) is 0 Å². The molecule has 1 aromatic rings. The van der Waals surface area contributed by atoms with Crippen LogP contribution in [0.3, 0.4) is 0 Å². The second-order valence-electron chi connectivity index (χ2n) is 4.12. The van der Waals surface area contributed by atoms with Crippen molar-refractivity contribution < 1.29 is 9.59 Å². The first kappa shape index (κ1) is 12.1. The van der Waals surface area contributed by atoms with E-state index in [1.165, 1.54) is 9.80 Å². The SMILES string of the molecule is CN1CC(=O)N(C)[C@@H](c2ccccc2Br)C1=O. The number of hydrogen-bond donors (Lipinski definition) is 0. The molecular weight excluding hydrogens is 284 g/mol. The van der Waals surface area contributed by atoms with Crippen LogP contribution in [0.15, 0.2) is 28.7 Å². The minimum Gasteiger partial charge on any atom is -0.334 e. The smallest absolute Gasteiger partial charge is 0.250 e. The molecule has 17 heavy (non-hydrogen) atoms. The Hall–Kier alpha value is -1.36. The molecule has 0 radical (unpaired) electrons. The van der Waals surface area contributed by atoms with Gasteiger partial charge in [-0.1, -0.05) is 34.1 Å². The summed E-state index contributed by atoms with van der Waals surface area (Å²) in [5, 5.41) is 0. The molecule has 5 heteroatoms. The monoisotopic (exact) mass is 296 g/mol. The predicted molar refractivity (Wildman–Crippen MR) is 67.3 cm³/mol. The van der Waals surface area contributed by atoms with Crippen molar-refractivity contribution >= 4 is 27.7 Å². The van der Waals surface area contributed by atoms with E-state index in [2.05, 4.69) is 15.9 Å². The number of carbonyl (C=O) groups is 2. The topological polar surface area (TPSA) is 40.6 Å². The third-order valence-corrected chi connectivity index (χ3v) is 3.69. The van der Waals surface area contributed by atoms with Crippen LogP contribution in [0.25, 0.3) is 0 Å². The number of benzene rings is 1. The lowest BCUT2D eigenvalue weighted by molar-refractivity contribution is -0.153. The Morgan fingerprint density at radius 1 is 1.24 bits per heavy atom. The molecule has 4 nitrogen and oxygen atoms in total. The van der Waals surface area contributed by atoms with Crippen molar-refractivity contribution in [1.29, 1.82) is 0 Å². The molecule has 1 heterocycles. The summed E-state index contributed by atoms with van der Waals surface area (Å²) in [6, 6.07) is 6.94. The van der Waals surface area contributed by atoms with Crippen molar-refractivity contribution in [2.45, 2.75) is 6.04 Å². The van der Waals surface area contributed by atoms with Crippen LogP contribution in [0.1, 0.15) is 11.6 Å². The average Bonchev–Trinajstić information content (AvgIpc) is 2.29. The summed E-state index contributed by atoms with van der Waals surface area (Å²) in [7, 11) is 3.31. The number of hydrogen-bond acceptors (Lipinski definition) is 2. The average molecular weight is 297 g/mol. The summed E-state index contributed by atoms with van der Waals surface area (Å²) in [5.41, 5.74) is 0.819. The molecule has 0 spiro atoms. The van der Waals surface area contributed by atoms with Crippen molar-refractivity contribution in [2.75, 3.05) is 20.6 Å². The Labute approximate surface area is 108 Å². The van der Waals surface area contributed by atoms with E-state index in [1.807, 2.05) is 24.3 Å². The molecule has 2 rings (SSSR count). The summed E-state index contributed by atoms with van der Waals surface area (Å²) in [6.07, 6.45) is 0. The second-order valence-corrected chi connectivity index (χ2v) is 4.98. The van der Waals surface area contributed by atoms with Crippen LogP contribution < -0.4 is 0 Å². The third kappa shape index (κ3) is 2.07. The van der Waals surface area contributed by atoms with Crippen LogP contribution in [-0.4, -0.2) is 42.3 Å². The predicted octanol–water partition coefficient (Wildman–Crippen LogP) is 1.42. The fraction of sp³-hybridized carbons (Fsp3) is 0.333. The van der Waals surface area contributed by atoms with Gasteiger partial charge in [0, 0.05) is 18.6 Å². The fourth-order valence-corrected chi connectivity index (χ4v) is 2.45. The summed E-state index contributed by atoms with van der Waals surface area (Å²) in [6.45, 7) is 0.149. The van der Waals surface area contributed by atoms with E-state index in [-0.39, 0.29) is 18.4 Å².